The van der Waals surface area contributed by atoms with Crippen molar-refractivity contribution in [3.63, 3.8) is 0 Å². The number of nitrogens with zero attached hydrogens (tertiary/aromatic N) is 3. The third kappa shape index (κ3) is 2.29. The molecule has 0 saturated heterocycles. The van der Waals surface area contributed by atoms with Crippen LogP contribution in [0.15, 0.2) is 82.4 Å². The second-order valence-electron chi connectivity index (χ2n) is 6.57. The molecule has 0 aliphatic carbocycles. The molecule has 0 spiro atoms. The largest absolute Gasteiger partial charge is 0.352 e. The number of benzene rings is 3. The molecule has 27 heavy (non-hydrogen) atoms. The molecule has 5 rings (SSSR count). The second-order valence-corrected chi connectivity index (χ2v) is 6.57. The molecule has 5 heteroatoms. The number of pyridine rings is 1. The molecular formula is C22H15N3O2. The fraction of sp³-hybridized carbons (Fsp3) is 0.0455. The number of hydrogen-bond donors (Lipinski definition) is 0. The van der Waals surface area contributed by atoms with Gasteiger partial charge in [-0.2, -0.15) is 4.98 Å². The molecular weight excluding hydrogens is 338 g/mol. The van der Waals surface area contributed by atoms with Gasteiger partial charge in [0, 0.05) is 12.7 Å². The van der Waals surface area contributed by atoms with Crippen molar-refractivity contribution in [1.29, 1.82) is 0 Å². The Morgan fingerprint density at radius 2 is 1.48 bits per heavy atom. The zero-order valence-electron chi connectivity index (χ0n) is 14.6. The smallest absolute Gasteiger partial charge is 0.294 e. The van der Waals surface area contributed by atoms with Crippen LogP contribution in [-0.4, -0.2) is 14.1 Å². The number of hydrogen-bond acceptors (Lipinski definition) is 3. The zero-order chi connectivity index (χ0) is 18.5. The molecule has 3 aromatic carbocycles. The van der Waals surface area contributed by atoms with Crippen LogP contribution in [0.3, 0.4) is 0 Å². The predicted molar refractivity (Wildman–Crippen MR) is 107 cm³/mol. The van der Waals surface area contributed by atoms with Crippen molar-refractivity contribution in [1.82, 2.24) is 14.1 Å². The summed E-state index contributed by atoms with van der Waals surface area (Å²) in [6.45, 7) is 0. The third-order valence-electron chi connectivity index (χ3n) is 4.94. The first kappa shape index (κ1) is 15.5. The van der Waals surface area contributed by atoms with Gasteiger partial charge in [-0.15, -0.1) is 0 Å². The monoisotopic (exact) mass is 353 g/mol. The van der Waals surface area contributed by atoms with E-state index < -0.39 is 5.69 Å². The van der Waals surface area contributed by atoms with E-state index >= 15 is 0 Å². The van der Waals surface area contributed by atoms with E-state index in [-0.39, 0.29) is 5.56 Å². The van der Waals surface area contributed by atoms with Gasteiger partial charge in [0.05, 0.1) is 11.1 Å². The van der Waals surface area contributed by atoms with E-state index in [1.54, 1.807) is 6.07 Å². The Kier molecular flexibility index (Phi) is 3.24. The highest BCUT2D eigenvalue weighted by Gasteiger charge is 2.19. The number of aromatic nitrogens is 3. The Balaban J connectivity index is 1.99. The highest BCUT2D eigenvalue weighted by Crippen LogP contribution is 2.29. The van der Waals surface area contributed by atoms with Crippen LogP contribution in [0.5, 0.6) is 0 Å². The van der Waals surface area contributed by atoms with Gasteiger partial charge in [-0.3, -0.25) is 13.9 Å². The average molecular weight is 353 g/mol. The lowest BCUT2D eigenvalue weighted by atomic mass is 10.1. The molecule has 0 fully saturated rings. The van der Waals surface area contributed by atoms with Crippen molar-refractivity contribution in [2.45, 2.75) is 0 Å². The van der Waals surface area contributed by atoms with Crippen LogP contribution in [0.2, 0.25) is 0 Å². The van der Waals surface area contributed by atoms with E-state index in [1.165, 1.54) is 7.05 Å². The summed E-state index contributed by atoms with van der Waals surface area (Å²) in [4.78, 5) is 29.1. The van der Waals surface area contributed by atoms with E-state index in [2.05, 4.69) is 11.1 Å². The molecule has 0 amide bonds. The van der Waals surface area contributed by atoms with Gasteiger partial charge in [0.2, 0.25) is 0 Å². The van der Waals surface area contributed by atoms with Crippen molar-refractivity contribution in [3.05, 3.63) is 93.6 Å². The summed E-state index contributed by atoms with van der Waals surface area (Å²) in [7, 11) is 1.45. The van der Waals surface area contributed by atoms with Crippen LogP contribution in [0, 0.1) is 0 Å². The first-order valence-corrected chi connectivity index (χ1v) is 8.64. The van der Waals surface area contributed by atoms with Gasteiger partial charge in [-0.05, 0) is 40.4 Å². The van der Waals surface area contributed by atoms with E-state index in [0.717, 1.165) is 31.9 Å². The lowest BCUT2D eigenvalue weighted by Gasteiger charge is -2.18. The van der Waals surface area contributed by atoms with Crippen molar-refractivity contribution < 1.29 is 0 Å². The Morgan fingerprint density at radius 1 is 0.778 bits per heavy atom. The molecule has 0 aromatic heterocycles. The van der Waals surface area contributed by atoms with Gasteiger partial charge in [0.1, 0.15) is 0 Å². The molecule has 2 heterocycles. The quantitative estimate of drug-likeness (QED) is 0.434. The fourth-order valence-corrected chi connectivity index (χ4v) is 3.55. The molecule has 2 aliphatic rings. The van der Waals surface area contributed by atoms with Crippen LogP contribution in [-0.2, 0) is 7.05 Å². The minimum absolute atomic E-state index is 0.342. The average Bonchev–Trinajstić information content (AvgIpc) is 2.70. The SMILES string of the molecule is Cn1c(=O)nc2n(-c3ccc4ccccc4c3)c3ccccc3cc-2c1=O. The molecule has 5 nitrogen and oxygen atoms in total. The Hall–Kier alpha value is -3.73. The summed E-state index contributed by atoms with van der Waals surface area (Å²) in [6.07, 6.45) is 0. The van der Waals surface area contributed by atoms with Crippen LogP contribution >= 0.6 is 0 Å². The van der Waals surface area contributed by atoms with Crippen LogP contribution in [0.1, 0.15) is 0 Å². The fourth-order valence-electron chi connectivity index (χ4n) is 3.55. The standard InChI is InChI=1S/C22H15N3O2/c1-24-21(26)18-13-16-8-4-5-9-19(16)25(20(18)23-22(24)27)17-11-10-14-6-2-3-7-15(14)12-17/h2-13H,1H3. The van der Waals surface area contributed by atoms with E-state index in [4.69, 9.17) is 0 Å². The van der Waals surface area contributed by atoms with Crippen molar-refractivity contribution in [2.24, 2.45) is 7.05 Å². The molecule has 0 atom stereocenters. The number of para-hydroxylation sites is 1. The topological polar surface area (TPSA) is 56.9 Å². The first-order valence-electron chi connectivity index (χ1n) is 8.64. The number of fused-ring (bicyclic) bond motifs is 3. The Bertz CT molecular complexity index is 1430. The maximum absolute atomic E-state index is 12.7. The summed E-state index contributed by atoms with van der Waals surface area (Å²) in [5, 5.41) is 3.12. The van der Waals surface area contributed by atoms with Gasteiger partial charge in [-0.25, -0.2) is 4.79 Å². The van der Waals surface area contributed by atoms with Crippen LogP contribution in [0.4, 0.5) is 0 Å². The van der Waals surface area contributed by atoms with E-state index in [0.29, 0.717) is 11.4 Å². The van der Waals surface area contributed by atoms with E-state index in [9.17, 15) is 9.59 Å². The maximum atomic E-state index is 12.7. The summed E-state index contributed by atoms with van der Waals surface area (Å²) in [5.41, 5.74) is 1.27. The number of rotatable bonds is 1. The minimum atomic E-state index is -0.558. The highest BCUT2D eigenvalue weighted by atomic mass is 16.2. The molecule has 0 bridgehead atoms. The third-order valence-corrected chi connectivity index (χ3v) is 4.94. The molecule has 0 saturated carbocycles. The summed E-state index contributed by atoms with van der Waals surface area (Å²) in [5.74, 6) is 0.372. The molecule has 2 aliphatic heterocycles. The lowest BCUT2D eigenvalue weighted by molar-refractivity contribution is 0.766. The molecule has 0 unspecified atom stereocenters. The van der Waals surface area contributed by atoms with Crippen molar-refractivity contribution >= 4 is 21.7 Å². The van der Waals surface area contributed by atoms with Crippen LogP contribution < -0.4 is 11.2 Å². The molecule has 130 valence electrons. The Morgan fingerprint density at radius 3 is 2.30 bits per heavy atom. The van der Waals surface area contributed by atoms with Crippen LogP contribution in [0.25, 0.3) is 38.8 Å². The highest BCUT2D eigenvalue weighted by molar-refractivity contribution is 5.89. The summed E-state index contributed by atoms with van der Waals surface area (Å²) < 4.78 is 2.93. The van der Waals surface area contributed by atoms with Gasteiger partial charge in [0.25, 0.3) is 5.56 Å². The summed E-state index contributed by atoms with van der Waals surface area (Å²) >= 11 is 0. The van der Waals surface area contributed by atoms with Crippen molar-refractivity contribution in [2.75, 3.05) is 0 Å². The van der Waals surface area contributed by atoms with Gasteiger partial charge < -0.3 is 0 Å². The van der Waals surface area contributed by atoms with Gasteiger partial charge in [-0.1, -0.05) is 48.5 Å². The predicted octanol–water partition coefficient (Wildman–Crippen LogP) is 3.34. The normalized spacial score (nSPS) is 11.4. The van der Waals surface area contributed by atoms with Gasteiger partial charge >= 0.3 is 5.69 Å². The molecule has 0 N–H and O–H groups in total. The maximum Gasteiger partial charge on any atom is 0.352 e. The van der Waals surface area contributed by atoms with E-state index in [1.807, 2.05) is 65.2 Å². The lowest BCUT2D eigenvalue weighted by Crippen LogP contribution is -2.35. The van der Waals surface area contributed by atoms with Gasteiger partial charge in [0.15, 0.2) is 5.82 Å². The Labute approximate surface area is 154 Å². The molecule has 0 radical (unpaired) electrons. The molecule has 3 aromatic rings. The zero-order valence-corrected chi connectivity index (χ0v) is 14.6. The first-order chi connectivity index (χ1) is 13.1. The minimum Gasteiger partial charge on any atom is -0.294 e. The summed E-state index contributed by atoms with van der Waals surface area (Å²) in [6, 6.07) is 23.7. The van der Waals surface area contributed by atoms with Crippen molar-refractivity contribution in [3.8, 4) is 17.1 Å². The second kappa shape index (κ2) is 5.64.